The van der Waals surface area contributed by atoms with Crippen molar-refractivity contribution in [3.63, 3.8) is 0 Å². The van der Waals surface area contributed by atoms with Crippen LogP contribution in [0.3, 0.4) is 0 Å². The Balaban J connectivity index is 1.58. The van der Waals surface area contributed by atoms with E-state index in [9.17, 15) is 0 Å². The summed E-state index contributed by atoms with van der Waals surface area (Å²) in [6.07, 6.45) is 1.79. The number of fused-ring (bicyclic) bond motifs is 1. The average Bonchev–Trinajstić information content (AvgIpc) is 2.67. The number of para-hydroxylation sites is 1. The van der Waals surface area contributed by atoms with E-state index >= 15 is 0 Å². The predicted octanol–water partition coefficient (Wildman–Crippen LogP) is 5.34. The molecule has 0 saturated carbocycles. The summed E-state index contributed by atoms with van der Waals surface area (Å²) in [5.41, 5.74) is 2.83. The van der Waals surface area contributed by atoms with Crippen LogP contribution < -0.4 is 10.6 Å². The van der Waals surface area contributed by atoms with Gasteiger partial charge in [-0.25, -0.2) is 9.97 Å². The Hall–Kier alpha value is -3.18. The van der Waals surface area contributed by atoms with E-state index in [0.717, 1.165) is 33.0 Å². The minimum absolute atomic E-state index is 0.589. The van der Waals surface area contributed by atoms with Crippen molar-refractivity contribution in [3.05, 3.63) is 83.3 Å². The molecule has 2 heterocycles. The highest BCUT2D eigenvalue weighted by atomic mass is 35.5. The molecule has 4 aromatic rings. The number of nitrogens with zero attached hydrogens (tertiary/aromatic N) is 3. The van der Waals surface area contributed by atoms with Gasteiger partial charge in [-0.3, -0.25) is 4.98 Å². The van der Waals surface area contributed by atoms with Crippen LogP contribution in [0.15, 0.2) is 66.9 Å². The second-order valence-electron chi connectivity index (χ2n) is 6.14. The van der Waals surface area contributed by atoms with Gasteiger partial charge >= 0.3 is 0 Å². The smallest absolute Gasteiger partial charge is 0.136 e. The molecule has 2 aromatic heterocycles. The maximum absolute atomic E-state index is 6.22. The molecule has 0 spiro atoms. The molecule has 0 aliphatic rings. The molecule has 2 N–H and O–H groups in total. The molecule has 0 saturated heterocycles. The van der Waals surface area contributed by atoms with Crippen molar-refractivity contribution >= 4 is 39.8 Å². The molecular weight excluding hydrogens is 358 g/mol. The predicted molar refractivity (Wildman–Crippen MR) is 111 cm³/mol. The summed E-state index contributed by atoms with van der Waals surface area (Å²) in [5, 5.41) is 8.48. The largest absolute Gasteiger partial charge is 0.366 e. The fourth-order valence-corrected chi connectivity index (χ4v) is 3.10. The van der Waals surface area contributed by atoms with Gasteiger partial charge in [0.2, 0.25) is 0 Å². The molecular formula is C21H18ClN5. The minimum atomic E-state index is 0.589. The van der Waals surface area contributed by atoms with Gasteiger partial charge in [-0.2, -0.15) is 0 Å². The van der Waals surface area contributed by atoms with Crippen molar-refractivity contribution in [2.24, 2.45) is 0 Å². The van der Waals surface area contributed by atoms with E-state index in [2.05, 4.69) is 25.6 Å². The summed E-state index contributed by atoms with van der Waals surface area (Å²) in [7, 11) is 0. The first kappa shape index (κ1) is 17.2. The number of hydrogen-bond acceptors (Lipinski definition) is 5. The molecule has 0 aliphatic heterocycles. The Kier molecular flexibility index (Phi) is 4.85. The zero-order valence-electron chi connectivity index (χ0n) is 14.8. The number of aryl methyl sites for hydroxylation is 1. The van der Waals surface area contributed by atoms with Crippen LogP contribution >= 0.6 is 11.6 Å². The first-order valence-corrected chi connectivity index (χ1v) is 9.00. The molecule has 0 bridgehead atoms. The average molecular weight is 376 g/mol. The summed E-state index contributed by atoms with van der Waals surface area (Å²) in [6.45, 7) is 2.46. The molecule has 0 unspecified atom stereocenters. The summed E-state index contributed by atoms with van der Waals surface area (Å²) in [6, 6.07) is 19.6. The van der Waals surface area contributed by atoms with Crippen LogP contribution in [-0.4, -0.2) is 15.0 Å². The van der Waals surface area contributed by atoms with Gasteiger partial charge in [-0.15, -0.1) is 0 Å². The maximum Gasteiger partial charge on any atom is 0.136 e. The SMILES string of the molecule is Cc1nc(NCc2ccccc2Cl)cc(Nc2cccc3cccnc23)n1. The van der Waals surface area contributed by atoms with Crippen LogP contribution in [0.2, 0.25) is 5.02 Å². The second kappa shape index (κ2) is 7.60. The third-order valence-electron chi connectivity index (χ3n) is 4.15. The van der Waals surface area contributed by atoms with Gasteiger partial charge in [-0.05, 0) is 30.7 Å². The number of halogens is 1. The standard InChI is InChI=1S/C21H18ClN5/c1-14-25-19(24-13-16-6-2-3-9-17(16)22)12-20(26-14)27-18-10-4-7-15-8-5-11-23-21(15)18/h2-12H,13H2,1H3,(H2,24,25,26,27). The van der Waals surface area contributed by atoms with Gasteiger partial charge in [0.25, 0.3) is 0 Å². The molecule has 0 aliphatic carbocycles. The quantitative estimate of drug-likeness (QED) is 0.492. The molecule has 0 amide bonds. The van der Waals surface area contributed by atoms with Gasteiger partial charge in [0.05, 0.1) is 11.2 Å². The summed E-state index contributed by atoms with van der Waals surface area (Å²) in [5.74, 6) is 2.12. The Morgan fingerprint density at radius 3 is 2.63 bits per heavy atom. The van der Waals surface area contributed by atoms with Gasteiger partial charge in [-0.1, -0.05) is 48.0 Å². The van der Waals surface area contributed by atoms with Gasteiger partial charge < -0.3 is 10.6 Å². The number of pyridine rings is 1. The topological polar surface area (TPSA) is 62.7 Å². The van der Waals surface area contributed by atoms with E-state index in [-0.39, 0.29) is 0 Å². The lowest BCUT2D eigenvalue weighted by atomic mass is 10.2. The first-order chi connectivity index (χ1) is 13.2. The molecule has 0 fully saturated rings. The van der Waals surface area contributed by atoms with Crippen molar-refractivity contribution in [3.8, 4) is 0 Å². The van der Waals surface area contributed by atoms with Crippen LogP contribution in [0.5, 0.6) is 0 Å². The summed E-state index contributed by atoms with van der Waals surface area (Å²) >= 11 is 6.22. The van der Waals surface area contributed by atoms with Crippen molar-refractivity contribution in [2.45, 2.75) is 13.5 Å². The van der Waals surface area contributed by atoms with Crippen molar-refractivity contribution in [2.75, 3.05) is 10.6 Å². The Morgan fingerprint density at radius 1 is 0.926 bits per heavy atom. The highest BCUT2D eigenvalue weighted by Gasteiger charge is 2.07. The molecule has 134 valence electrons. The van der Waals surface area contributed by atoms with Crippen LogP contribution in [0, 0.1) is 6.92 Å². The maximum atomic E-state index is 6.22. The van der Waals surface area contributed by atoms with Crippen LogP contribution in [0.4, 0.5) is 17.3 Å². The molecule has 0 atom stereocenters. The zero-order chi connectivity index (χ0) is 18.6. The van der Waals surface area contributed by atoms with Gasteiger partial charge in [0, 0.05) is 29.2 Å². The Bertz CT molecular complexity index is 1090. The fraction of sp³-hybridized carbons (Fsp3) is 0.0952. The minimum Gasteiger partial charge on any atom is -0.366 e. The van der Waals surface area contributed by atoms with E-state index < -0.39 is 0 Å². The number of benzene rings is 2. The number of anilines is 3. The molecule has 2 aromatic carbocycles. The lowest BCUT2D eigenvalue weighted by molar-refractivity contribution is 1.03. The number of hydrogen-bond donors (Lipinski definition) is 2. The molecule has 0 radical (unpaired) electrons. The Labute approximate surface area is 162 Å². The van der Waals surface area contributed by atoms with E-state index in [1.165, 1.54) is 0 Å². The van der Waals surface area contributed by atoms with Gasteiger partial charge in [0.1, 0.15) is 17.5 Å². The lowest BCUT2D eigenvalue weighted by Crippen LogP contribution is -2.05. The normalized spacial score (nSPS) is 10.7. The third-order valence-corrected chi connectivity index (χ3v) is 4.52. The summed E-state index contributed by atoms with van der Waals surface area (Å²) < 4.78 is 0. The van der Waals surface area contributed by atoms with Crippen molar-refractivity contribution in [1.29, 1.82) is 0 Å². The van der Waals surface area contributed by atoms with Crippen LogP contribution in [-0.2, 0) is 6.54 Å². The van der Waals surface area contributed by atoms with E-state index in [4.69, 9.17) is 11.6 Å². The first-order valence-electron chi connectivity index (χ1n) is 8.63. The number of nitrogens with one attached hydrogen (secondary N) is 2. The molecule has 6 heteroatoms. The van der Waals surface area contributed by atoms with Crippen LogP contribution in [0.1, 0.15) is 11.4 Å². The molecule has 27 heavy (non-hydrogen) atoms. The van der Waals surface area contributed by atoms with Crippen LogP contribution in [0.25, 0.3) is 10.9 Å². The van der Waals surface area contributed by atoms with E-state index in [0.29, 0.717) is 18.2 Å². The lowest BCUT2D eigenvalue weighted by Gasteiger charge is -2.12. The third kappa shape index (κ3) is 3.99. The van der Waals surface area contributed by atoms with E-state index in [1.807, 2.05) is 67.6 Å². The van der Waals surface area contributed by atoms with Crippen molar-refractivity contribution < 1.29 is 0 Å². The molecule has 5 nitrogen and oxygen atoms in total. The molecule has 4 rings (SSSR count). The Morgan fingerprint density at radius 2 is 1.74 bits per heavy atom. The highest BCUT2D eigenvalue weighted by Crippen LogP contribution is 2.25. The monoisotopic (exact) mass is 375 g/mol. The highest BCUT2D eigenvalue weighted by molar-refractivity contribution is 6.31. The second-order valence-corrected chi connectivity index (χ2v) is 6.54. The number of rotatable bonds is 5. The number of aromatic nitrogens is 3. The van der Waals surface area contributed by atoms with E-state index in [1.54, 1.807) is 6.20 Å². The zero-order valence-corrected chi connectivity index (χ0v) is 15.5. The van der Waals surface area contributed by atoms with Crippen molar-refractivity contribution in [1.82, 2.24) is 15.0 Å². The van der Waals surface area contributed by atoms with Gasteiger partial charge in [0.15, 0.2) is 0 Å². The fourth-order valence-electron chi connectivity index (χ4n) is 2.89. The summed E-state index contributed by atoms with van der Waals surface area (Å²) in [4.78, 5) is 13.4.